The molecule has 1 atom stereocenters. The molecule has 0 aromatic heterocycles. The van der Waals surface area contributed by atoms with Crippen molar-refractivity contribution >= 4 is 11.9 Å². The molecular weight excluding hydrogens is 282 g/mol. The zero-order valence-electron chi connectivity index (χ0n) is 13.3. The van der Waals surface area contributed by atoms with Gasteiger partial charge in [-0.1, -0.05) is 26.0 Å². The number of ether oxygens (including phenoxy) is 1. The lowest BCUT2D eigenvalue weighted by Crippen LogP contribution is -2.42. The lowest BCUT2D eigenvalue weighted by Gasteiger charge is -2.25. The molecule has 5 heteroatoms. The standard InChI is InChI=1S/C17H23NO4/c1-11(2)15(16(20)18-9-4-5-10-18)22-17(21)13-8-6-7-12(3)14(13)19/h6-8,11,15,19H,4-5,9-10H2,1-3H3. The number of hydrogen-bond donors (Lipinski definition) is 1. The van der Waals surface area contributed by atoms with Gasteiger partial charge in [-0.15, -0.1) is 0 Å². The number of aromatic hydroxyl groups is 1. The highest BCUT2D eigenvalue weighted by Crippen LogP contribution is 2.24. The Morgan fingerprint density at radius 1 is 1.23 bits per heavy atom. The molecule has 2 rings (SSSR count). The molecule has 1 heterocycles. The number of amides is 1. The van der Waals surface area contributed by atoms with Gasteiger partial charge < -0.3 is 14.7 Å². The van der Waals surface area contributed by atoms with Crippen molar-refractivity contribution in [2.45, 2.75) is 39.7 Å². The molecule has 22 heavy (non-hydrogen) atoms. The van der Waals surface area contributed by atoms with Crippen molar-refractivity contribution in [3.05, 3.63) is 29.3 Å². The van der Waals surface area contributed by atoms with Gasteiger partial charge in [-0.05, 0) is 37.3 Å². The Hall–Kier alpha value is -2.04. The first-order valence-electron chi connectivity index (χ1n) is 7.70. The average molecular weight is 305 g/mol. The maximum Gasteiger partial charge on any atom is 0.342 e. The van der Waals surface area contributed by atoms with Crippen molar-refractivity contribution in [2.24, 2.45) is 5.92 Å². The van der Waals surface area contributed by atoms with E-state index in [2.05, 4.69) is 0 Å². The fourth-order valence-electron chi connectivity index (χ4n) is 2.59. The Bertz CT molecular complexity index is 562. The van der Waals surface area contributed by atoms with Gasteiger partial charge in [0.05, 0.1) is 0 Å². The summed E-state index contributed by atoms with van der Waals surface area (Å²) in [5, 5.41) is 9.97. The summed E-state index contributed by atoms with van der Waals surface area (Å²) >= 11 is 0. The maximum absolute atomic E-state index is 12.5. The van der Waals surface area contributed by atoms with E-state index in [0.29, 0.717) is 5.56 Å². The molecule has 1 aromatic rings. The van der Waals surface area contributed by atoms with Crippen LogP contribution in [0.15, 0.2) is 18.2 Å². The van der Waals surface area contributed by atoms with Gasteiger partial charge in [0.2, 0.25) is 0 Å². The Morgan fingerprint density at radius 3 is 2.45 bits per heavy atom. The number of phenolic OH excluding ortho intramolecular Hbond substituents is 1. The molecule has 0 radical (unpaired) electrons. The van der Waals surface area contributed by atoms with Crippen molar-refractivity contribution in [3.8, 4) is 5.75 Å². The Morgan fingerprint density at radius 2 is 1.86 bits per heavy atom. The summed E-state index contributed by atoms with van der Waals surface area (Å²) in [6, 6.07) is 4.89. The number of carbonyl (C=O) groups is 2. The zero-order chi connectivity index (χ0) is 16.3. The first-order valence-corrected chi connectivity index (χ1v) is 7.70. The number of hydrogen-bond acceptors (Lipinski definition) is 4. The number of benzene rings is 1. The molecule has 1 N–H and O–H groups in total. The molecule has 0 saturated carbocycles. The average Bonchev–Trinajstić information content (AvgIpc) is 3.00. The minimum atomic E-state index is -0.814. The van der Waals surface area contributed by atoms with Gasteiger partial charge >= 0.3 is 5.97 Å². The van der Waals surface area contributed by atoms with Gasteiger partial charge in [-0.3, -0.25) is 4.79 Å². The van der Waals surface area contributed by atoms with Crippen molar-refractivity contribution in [1.29, 1.82) is 0 Å². The van der Waals surface area contributed by atoms with E-state index >= 15 is 0 Å². The molecule has 1 unspecified atom stereocenters. The van der Waals surface area contributed by atoms with Gasteiger partial charge in [0, 0.05) is 13.1 Å². The summed E-state index contributed by atoms with van der Waals surface area (Å²) in [4.78, 5) is 26.5. The molecule has 0 aliphatic carbocycles. The van der Waals surface area contributed by atoms with Crippen molar-refractivity contribution in [1.82, 2.24) is 4.90 Å². The van der Waals surface area contributed by atoms with E-state index in [0.717, 1.165) is 25.9 Å². The molecule has 5 nitrogen and oxygen atoms in total. The van der Waals surface area contributed by atoms with E-state index in [-0.39, 0.29) is 23.1 Å². The van der Waals surface area contributed by atoms with Crippen molar-refractivity contribution in [3.63, 3.8) is 0 Å². The third-order valence-corrected chi connectivity index (χ3v) is 3.96. The predicted molar refractivity (Wildman–Crippen MR) is 82.7 cm³/mol. The largest absolute Gasteiger partial charge is 0.507 e. The van der Waals surface area contributed by atoms with E-state index in [4.69, 9.17) is 4.74 Å². The molecule has 1 aromatic carbocycles. The Kier molecular flexibility index (Phi) is 5.06. The number of esters is 1. The topological polar surface area (TPSA) is 66.8 Å². The quantitative estimate of drug-likeness (QED) is 0.868. The van der Waals surface area contributed by atoms with Crippen LogP contribution >= 0.6 is 0 Å². The molecule has 0 spiro atoms. The smallest absolute Gasteiger partial charge is 0.342 e. The molecule has 1 fully saturated rings. The summed E-state index contributed by atoms with van der Waals surface area (Å²) in [6.07, 6.45) is 1.16. The SMILES string of the molecule is Cc1cccc(C(=O)OC(C(=O)N2CCCC2)C(C)C)c1O. The van der Waals surface area contributed by atoms with E-state index in [1.54, 1.807) is 24.0 Å². The number of nitrogens with zero attached hydrogens (tertiary/aromatic N) is 1. The normalized spacial score (nSPS) is 15.9. The highest BCUT2D eigenvalue weighted by molar-refractivity contribution is 5.95. The second kappa shape index (κ2) is 6.81. The zero-order valence-corrected chi connectivity index (χ0v) is 13.3. The summed E-state index contributed by atoms with van der Waals surface area (Å²) < 4.78 is 5.42. The maximum atomic E-state index is 12.5. The highest BCUT2D eigenvalue weighted by atomic mass is 16.5. The minimum Gasteiger partial charge on any atom is -0.507 e. The number of likely N-dealkylation sites (tertiary alicyclic amines) is 1. The van der Waals surface area contributed by atoms with Gasteiger partial charge in [0.15, 0.2) is 6.10 Å². The van der Waals surface area contributed by atoms with Crippen LogP contribution in [0.5, 0.6) is 5.75 Å². The van der Waals surface area contributed by atoms with Crippen molar-refractivity contribution in [2.75, 3.05) is 13.1 Å². The van der Waals surface area contributed by atoms with Gasteiger partial charge in [0.1, 0.15) is 11.3 Å². The van der Waals surface area contributed by atoms with Crippen LogP contribution in [0.1, 0.15) is 42.6 Å². The number of phenols is 1. The Labute approximate surface area is 130 Å². The minimum absolute atomic E-state index is 0.0939. The van der Waals surface area contributed by atoms with Gasteiger partial charge in [0.25, 0.3) is 5.91 Å². The van der Waals surface area contributed by atoms with Crippen LogP contribution in [-0.4, -0.2) is 41.1 Å². The summed E-state index contributed by atoms with van der Waals surface area (Å²) in [5.74, 6) is -1.02. The second-order valence-electron chi connectivity index (χ2n) is 6.07. The first kappa shape index (κ1) is 16.3. The van der Waals surface area contributed by atoms with E-state index in [1.165, 1.54) is 6.07 Å². The van der Waals surface area contributed by atoms with Crippen LogP contribution in [0.3, 0.4) is 0 Å². The van der Waals surface area contributed by atoms with Crippen LogP contribution in [0.4, 0.5) is 0 Å². The fourth-order valence-corrected chi connectivity index (χ4v) is 2.59. The number of carbonyl (C=O) groups excluding carboxylic acids is 2. The second-order valence-corrected chi connectivity index (χ2v) is 6.07. The molecule has 1 amide bonds. The lowest BCUT2D eigenvalue weighted by atomic mass is 10.1. The van der Waals surface area contributed by atoms with Crippen LogP contribution in [0.2, 0.25) is 0 Å². The molecule has 120 valence electrons. The monoisotopic (exact) mass is 305 g/mol. The number of rotatable bonds is 4. The first-order chi connectivity index (χ1) is 10.4. The van der Waals surface area contributed by atoms with E-state index in [1.807, 2.05) is 13.8 Å². The van der Waals surface area contributed by atoms with E-state index in [9.17, 15) is 14.7 Å². The fraction of sp³-hybridized carbons (Fsp3) is 0.529. The lowest BCUT2D eigenvalue weighted by molar-refractivity contribution is -0.141. The van der Waals surface area contributed by atoms with Crippen LogP contribution < -0.4 is 0 Å². The van der Waals surface area contributed by atoms with Gasteiger partial charge in [-0.25, -0.2) is 4.79 Å². The van der Waals surface area contributed by atoms with E-state index < -0.39 is 12.1 Å². The third-order valence-electron chi connectivity index (χ3n) is 3.96. The summed E-state index contributed by atoms with van der Waals surface area (Å²) in [5.41, 5.74) is 0.696. The highest BCUT2D eigenvalue weighted by Gasteiger charge is 2.32. The van der Waals surface area contributed by atoms with Gasteiger partial charge in [-0.2, -0.15) is 0 Å². The predicted octanol–water partition coefficient (Wildman–Crippen LogP) is 2.50. The van der Waals surface area contributed by atoms with Crippen LogP contribution in [0, 0.1) is 12.8 Å². The van der Waals surface area contributed by atoms with Crippen molar-refractivity contribution < 1.29 is 19.4 Å². The molecule has 0 bridgehead atoms. The van der Waals surface area contributed by atoms with Crippen LogP contribution in [0.25, 0.3) is 0 Å². The summed E-state index contributed by atoms with van der Waals surface area (Å²) in [6.45, 7) is 6.84. The molecular formula is C17H23NO4. The molecule has 1 saturated heterocycles. The molecule has 1 aliphatic heterocycles. The summed E-state index contributed by atoms with van der Waals surface area (Å²) in [7, 11) is 0. The third kappa shape index (κ3) is 3.40. The Balaban J connectivity index is 2.15. The number of aryl methyl sites for hydroxylation is 1. The molecule has 1 aliphatic rings. The number of para-hydroxylation sites is 1. The van der Waals surface area contributed by atoms with Crippen LogP contribution in [-0.2, 0) is 9.53 Å².